The van der Waals surface area contributed by atoms with E-state index in [1.54, 1.807) is 6.07 Å². The highest BCUT2D eigenvalue weighted by Gasteiger charge is 2.20. The van der Waals surface area contributed by atoms with Crippen molar-refractivity contribution in [2.24, 2.45) is 10.9 Å². The number of hydrogen-bond donors (Lipinski definition) is 2. The van der Waals surface area contributed by atoms with Crippen LogP contribution in [-0.4, -0.2) is 41.1 Å². The quantitative estimate of drug-likeness (QED) is 0.286. The average molecular weight is 307 g/mol. The second-order valence-corrected chi connectivity index (χ2v) is 6.29. The smallest absolute Gasteiger partial charge is 0.320 e. The van der Waals surface area contributed by atoms with Gasteiger partial charge in [0.15, 0.2) is 5.84 Å². The molecule has 0 saturated heterocycles. The van der Waals surface area contributed by atoms with E-state index < -0.39 is 5.60 Å². The molecule has 0 radical (unpaired) electrons. The summed E-state index contributed by atoms with van der Waals surface area (Å²) in [6.07, 6.45) is 0. The van der Waals surface area contributed by atoms with Gasteiger partial charge in [0, 0.05) is 11.6 Å². The lowest BCUT2D eigenvalue weighted by molar-refractivity contribution is -0.156. The summed E-state index contributed by atoms with van der Waals surface area (Å²) in [4.78, 5) is 13.8. The molecule has 6 nitrogen and oxygen atoms in total. The van der Waals surface area contributed by atoms with Crippen LogP contribution in [0.5, 0.6) is 0 Å². The van der Waals surface area contributed by atoms with Crippen molar-refractivity contribution in [2.75, 3.05) is 13.6 Å². The van der Waals surface area contributed by atoms with Gasteiger partial charge in [0.05, 0.1) is 6.54 Å². The van der Waals surface area contributed by atoms with Crippen LogP contribution in [0.25, 0.3) is 0 Å². The van der Waals surface area contributed by atoms with E-state index in [1.165, 1.54) is 0 Å². The van der Waals surface area contributed by atoms with Crippen LogP contribution in [-0.2, 0) is 9.53 Å². The van der Waals surface area contributed by atoms with Crippen molar-refractivity contribution >= 4 is 11.8 Å². The molecule has 0 aromatic heterocycles. The molecule has 0 fully saturated rings. The number of benzene rings is 1. The SMILES string of the molecule is CC(c1cccc(C(N)=NO)c1)N(C)CC(=O)OC(C)(C)C. The molecule has 1 rings (SSSR count). The molecule has 1 unspecified atom stereocenters. The van der Waals surface area contributed by atoms with Crippen LogP contribution in [0.2, 0.25) is 0 Å². The number of nitrogens with zero attached hydrogens (tertiary/aromatic N) is 2. The number of nitrogens with two attached hydrogens (primary N) is 1. The first-order valence-electron chi connectivity index (χ1n) is 7.14. The fraction of sp³-hybridized carbons (Fsp3) is 0.500. The number of esters is 1. The van der Waals surface area contributed by atoms with E-state index in [0.717, 1.165) is 5.56 Å². The van der Waals surface area contributed by atoms with Gasteiger partial charge in [-0.15, -0.1) is 0 Å². The van der Waals surface area contributed by atoms with Gasteiger partial charge in [-0.25, -0.2) is 0 Å². The van der Waals surface area contributed by atoms with Crippen molar-refractivity contribution in [3.8, 4) is 0 Å². The van der Waals surface area contributed by atoms with Crippen molar-refractivity contribution in [3.63, 3.8) is 0 Å². The normalized spacial score (nSPS) is 14.0. The Bertz CT molecular complexity index is 550. The van der Waals surface area contributed by atoms with Gasteiger partial charge >= 0.3 is 5.97 Å². The van der Waals surface area contributed by atoms with E-state index in [0.29, 0.717) is 5.56 Å². The Morgan fingerprint density at radius 3 is 2.64 bits per heavy atom. The van der Waals surface area contributed by atoms with E-state index in [9.17, 15) is 4.79 Å². The Morgan fingerprint density at radius 2 is 2.09 bits per heavy atom. The van der Waals surface area contributed by atoms with Gasteiger partial charge in [0.1, 0.15) is 5.60 Å². The Hall–Kier alpha value is -2.08. The molecule has 1 aromatic rings. The number of hydrogen-bond acceptors (Lipinski definition) is 5. The first-order chi connectivity index (χ1) is 10.1. The van der Waals surface area contributed by atoms with E-state index in [-0.39, 0.29) is 24.4 Å². The summed E-state index contributed by atoms with van der Waals surface area (Å²) >= 11 is 0. The summed E-state index contributed by atoms with van der Waals surface area (Å²) in [5, 5.41) is 11.7. The lowest BCUT2D eigenvalue weighted by Crippen LogP contribution is -2.34. The summed E-state index contributed by atoms with van der Waals surface area (Å²) in [5.41, 5.74) is 6.71. The largest absolute Gasteiger partial charge is 0.459 e. The minimum Gasteiger partial charge on any atom is -0.459 e. The van der Waals surface area contributed by atoms with Gasteiger partial charge in [-0.2, -0.15) is 0 Å². The number of ether oxygens (including phenoxy) is 1. The van der Waals surface area contributed by atoms with E-state index in [4.69, 9.17) is 15.7 Å². The highest BCUT2D eigenvalue weighted by atomic mass is 16.6. The number of amidine groups is 1. The third-order valence-corrected chi connectivity index (χ3v) is 3.23. The molecule has 1 aromatic carbocycles. The number of rotatable bonds is 5. The van der Waals surface area contributed by atoms with Gasteiger partial charge in [-0.05, 0) is 46.4 Å². The number of likely N-dealkylation sites (N-methyl/N-ethyl adjacent to an activating group) is 1. The Balaban J connectivity index is 2.79. The molecule has 122 valence electrons. The minimum absolute atomic E-state index is 0.0149. The van der Waals surface area contributed by atoms with Crippen LogP contribution in [0.15, 0.2) is 29.4 Å². The molecule has 0 aliphatic heterocycles. The maximum absolute atomic E-state index is 11.9. The van der Waals surface area contributed by atoms with Gasteiger partial charge in [0.2, 0.25) is 0 Å². The van der Waals surface area contributed by atoms with Gasteiger partial charge in [0.25, 0.3) is 0 Å². The lowest BCUT2D eigenvalue weighted by Gasteiger charge is -2.27. The highest BCUT2D eigenvalue weighted by molar-refractivity contribution is 5.97. The number of carbonyl (C=O) groups excluding carboxylic acids is 1. The Labute approximate surface area is 131 Å². The van der Waals surface area contributed by atoms with Crippen molar-refractivity contribution in [3.05, 3.63) is 35.4 Å². The molecule has 22 heavy (non-hydrogen) atoms. The Morgan fingerprint density at radius 1 is 1.45 bits per heavy atom. The third kappa shape index (κ3) is 5.37. The molecule has 6 heteroatoms. The zero-order chi connectivity index (χ0) is 16.9. The van der Waals surface area contributed by atoms with Gasteiger partial charge < -0.3 is 15.7 Å². The predicted octanol–water partition coefficient (Wildman–Crippen LogP) is 2.12. The maximum atomic E-state index is 11.9. The van der Waals surface area contributed by atoms with Crippen molar-refractivity contribution in [1.82, 2.24) is 4.90 Å². The average Bonchev–Trinajstić information content (AvgIpc) is 2.43. The zero-order valence-electron chi connectivity index (χ0n) is 13.8. The van der Waals surface area contributed by atoms with E-state index in [1.807, 2.05) is 57.8 Å². The van der Waals surface area contributed by atoms with Crippen molar-refractivity contribution in [2.45, 2.75) is 39.3 Å². The van der Waals surface area contributed by atoms with Gasteiger partial charge in [-0.1, -0.05) is 23.4 Å². The standard InChI is InChI=1S/C16H25N3O3/c1-11(19(5)10-14(20)22-16(2,3)4)12-7-6-8-13(9-12)15(17)18-21/h6-9,11,21H,10H2,1-5H3,(H2,17,18). The molecule has 0 heterocycles. The molecule has 0 bridgehead atoms. The molecular formula is C16H25N3O3. The molecule has 3 N–H and O–H groups in total. The second kappa shape index (κ2) is 7.26. The first-order valence-corrected chi connectivity index (χ1v) is 7.14. The molecule has 0 aliphatic rings. The lowest BCUT2D eigenvalue weighted by atomic mass is 10.0. The zero-order valence-corrected chi connectivity index (χ0v) is 13.8. The van der Waals surface area contributed by atoms with Gasteiger partial charge in [-0.3, -0.25) is 9.69 Å². The van der Waals surface area contributed by atoms with E-state index >= 15 is 0 Å². The number of oxime groups is 1. The fourth-order valence-electron chi connectivity index (χ4n) is 1.98. The fourth-order valence-corrected chi connectivity index (χ4v) is 1.98. The summed E-state index contributed by atoms with van der Waals surface area (Å²) in [6.45, 7) is 7.69. The predicted molar refractivity (Wildman–Crippen MR) is 85.8 cm³/mol. The summed E-state index contributed by atoms with van der Waals surface area (Å²) in [6, 6.07) is 7.36. The monoisotopic (exact) mass is 307 g/mol. The van der Waals surface area contributed by atoms with Crippen LogP contribution < -0.4 is 5.73 Å². The van der Waals surface area contributed by atoms with Crippen LogP contribution >= 0.6 is 0 Å². The Kier molecular flexibility index (Phi) is 5.93. The summed E-state index contributed by atoms with van der Waals surface area (Å²) in [7, 11) is 1.85. The molecule has 0 aliphatic carbocycles. The minimum atomic E-state index is -0.493. The molecule has 0 saturated carbocycles. The van der Waals surface area contributed by atoms with Crippen LogP contribution in [0.1, 0.15) is 44.9 Å². The molecule has 1 atom stereocenters. The maximum Gasteiger partial charge on any atom is 0.320 e. The van der Waals surface area contributed by atoms with Crippen LogP contribution in [0.4, 0.5) is 0 Å². The summed E-state index contributed by atoms with van der Waals surface area (Å²) in [5.74, 6) is -0.210. The van der Waals surface area contributed by atoms with Crippen molar-refractivity contribution in [1.29, 1.82) is 0 Å². The topological polar surface area (TPSA) is 88.2 Å². The van der Waals surface area contributed by atoms with Crippen molar-refractivity contribution < 1.29 is 14.7 Å². The highest BCUT2D eigenvalue weighted by Crippen LogP contribution is 2.20. The van der Waals surface area contributed by atoms with E-state index in [2.05, 4.69) is 5.16 Å². The summed E-state index contributed by atoms with van der Waals surface area (Å²) < 4.78 is 5.32. The third-order valence-electron chi connectivity index (χ3n) is 3.23. The second-order valence-electron chi connectivity index (χ2n) is 6.29. The molecule has 0 spiro atoms. The molecular weight excluding hydrogens is 282 g/mol. The molecule has 0 amide bonds. The van der Waals surface area contributed by atoms with Crippen LogP contribution in [0, 0.1) is 0 Å². The van der Waals surface area contributed by atoms with Crippen LogP contribution in [0.3, 0.4) is 0 Å². The number of carbonyl (C=O) groups is 1. The first kappa shape index (κ1) is 18.0.